The zero-order valence-electron chi connectivity index (χ0n) is 10.1. The number of benzene rings is 1. The zero-order valence-corrected chi connectivity index (χ0v) is 10.8. The lowest BCUT2D eigenvalue weighted by atomic mass is 10.1. The van der Waals surface area contributed by atoms with E-state index in [4.69, 9.17) is 22.4 Å². The van der Waals surface area contributed by atoms with Gasteiger partial charge in [-0.15, -0.1) is 0 Å². The Morgan fingerprint density at radius 2 is 2.26 bits per heavy atom. The van der Waals surface area contributed by atoms with Crippen LogP contribution >= 0.6 is 11.6 Å². The third kappa shape index (κ3) is 3.08. The van der Waals surface area contributed by atoms with E-state index in [2.05, 4.69) is 10.6 Å². The first-order valence-electron chi connectivity index (χ1n) is 5.83. The van der Waals surface area contributed by atoms with E-state index >= 15 is 0 Å². The Bertz CT molecular complexity index is 523. The summed E-state index contributed by atoms with van der Waals surface area (Å²) in [6.45, 7) is 0.443. The van der Waals surface area contributed by atoms with Crippen LogP contribution in [0.15, 0.2) is 12.1 Å². The van der Waals surface area contributed by atoms with Crippen molar-refractivity contribution in [2.45, 2.75) is 18.9 Å². The predicted molar refractivity (Wildman–Crippen MR) is 72.5 cm³/mol. The second kappa shape index (κ2) is 5.36. The maximum atomic E-state index is 11.2. The molecule has 0 spiro atoms. The molecule has 1 saturated heterocycles. The standard InChI is InChI=1S/C12H14ClN3O3/c13-9-4-6(14)3-8(12(18)19)11(9)16-7-1-2-10(17)15-5-7/h3-4,7,16H,1-2,5,14H2,(H,15,17)(H,18,19). The smallest absolute Gasteiger partial charge is 0.337 e. The van der Waals surface area contributed by atoms with Gasteiger partial charge in [0.2, 0.25) is 5.91 Å². The molecule has 1 fully saturated rings. The van der Waals surface area contributed by atoms with Crippen molar-refractivity contribution in [1.82, 2.24) is 5.32 Å². The van der Waals surface area contributed by atoms with Gasteiger partial charge in [0.1, 0.15) is 0 Å². The summed E-state index contributed by atoms with van der Waals surface area (Å²) in [5, 5.41) is 15.2. The molecular formula is C12H14ClN3O3. The first-order chi connectivity index (χ1) is 8.97. The van der Waals surface area contributed by atoms with Gasteiger partial charge < -0.3 is 21.5 Å². The number of halogens is 1. The molecule has 1 aliphatic heterocycles. The van der Waals surface area contributed by atoms with Crippen LogP contribution in [0.25, 0.3) is 0 Å². The number of amides is 1. The fourth-order valence-electron chi connectivity index (χ4n) is 2.00. The number of piperidine rings is 1. The molecule has 0 aliphatic carbocycles. The zero-order chi connectivity index (χ0) is 14.0. The lowest BCUT2D eigenvalue weighted by Crippen LogP contribution is -2.42. The van der Waals surface area contributed by atoms with Gasteiger partial charge in [-0.3, -0.25) is 4.79 Å². The molecule has 0 radical (unpaired) electrons. The van der Waals surface area contributed by atoms with E-state index in [1.54, 1.807) is 0 Å². The third-order valence-electron chi connectivity index (χ3n) is 2.96. The molecule has 0 bridgehead atoms. The van der Waals surface area contributed by atoms with Crippen LogP contribution in [0.4, 0.5) is 11.4 Å². The summed E-state index contributed by atoms with van der Waals surface area (Å²) in [5.74, 6) is -1.10. The van der Waals surface area contributed by atoms with E-state index in [0.717, 1.165) is 0 Å². The lowest BCUT2D eigenvalue weighted by Gasteiger charge is -2.25. The summed E-state index contributed by atoms with van der Waals surface area (Å²) in [4.78, 5) is 22.3. The average Bonchev–Trinajstić information content (AvgIpc) is 2.34. The first kappa shape index (κ1) is 13.5. The van der Waals surface area contributed by atoms with Crippen LogP contribution in [-0.4, -0.2) is 29.6 Å². The minimum Gasteiger partial charge on any atom is -0.478 e. The maximum absolute atomic E-state index is 11.2. The summed E-state index contributed by atoms with van der Waals surface area (Å²) >= 11 is 6.03. The van der Waals surface area contributed by atoms with Crippen LogP contribution in [0.2, 0.25) is 5.02 Å². The van der Waals surface area contributed by atoms with Crippen molar-refractivity contribution in [2.24, 2.45) is 0 Å². The quantitative estimate of drug-likeness (QED) is 0.626. The first-order valence-corrected chi connectivity index (χ1v) is 6.20. The molecule has 19 heavy (non-hydrogen) atoms. The summed E-state index contributed by atoms with van der Waals surface area (Å²) in [5.41, 5.74) is 6.25. The number of carboxylic acid groups (broad SMARTS) is 1. The monoisotopic (exact) mass is 283 g/mol. The predicted octanol–water partition coefficient (Wildman–Crippen LogP) is 1.31. The molecule has 7 heteroatoms. The number of rotatable bonds is 3. The highest BCUT2D eigenvalue weighted by atomic mass is 35.5. The molecule has 1 aromatic rings. The Balaban J connectivity index is 2.24. The number of aromatic carboxylic acids is 1. The van der Waals surface area contributed by atoms with Crippen LogP contribution in [0, 0.1) is 0 Å². The van der Waals surface area contributed by atoms with Crippen molar-refractivity contribution < 1.29 is 14.7 Å². The van der Waals surface area contributed by atoms with Crippen LogP contribution in [0.3, 0.4) is 0 Å². The molecule has 6 nitrogen and oxygen atoms in total. The van der Waals surface area contributed by atoms with Crippen molar-refractivity contribution >= 4 is 34.9 Å². The summed E-state index contributed by atoms with van der Waals surface area (Å²) < 4.78 is 0. The van der Waals surface area contributed by atoms with E-state index in [1.807, 2.05) is 0 Å². The van der Waals surface area contributed by atoms with E-state index in [9.17, 15) is 9.59 Å². The number of nitrogens with one attached hydrogen (secondary N) is 2. The molecule has 102 valence electrons. The molecule has 1 atom stereocenters. The second-order valence-electron chi connectivity index (χ2n) is 4.41. The van der Waals surface area contributed by atoms with E-state index in [1.165, 1.54) is 12.1 Å². The largest absolute Gasteiger partial charge is 0.478 e. The van der Waals surface area contributed by atoms with Crippen molar-refractivity contribution in [3.63, 3.8) is 0 Å². The van der Waals surface area contributed by atoms with E-state index in [0.29, 0.717) is 30.8 Å². The van der Waals surface area contributed by atoms with Gasteiger partial charge in [0.15, 0.2) is 0 Å². The molecule has 0 saturated carbocycles. The number of carbonyl (C=O) groups is 2. The van der Waals surface area contributed by atoms with Gasteiger partial charge >= 0.3 is 5.97 Å². The van der Waals surface area contributed by atoms with Gasteiger partial charge in [0.25, 0.3) is 0 Å². The van der Waals surface area contributed by atoms with Gasteiger partial charge in [0.05, 0.1) is 16.3 Å². The van der Waals surface area contributed by atoms with Gasteiger partial charge in [0, 0.05) is 24.7 Å². The molecular weight excluding hydrogens is 270 g/mol. The van der Waals surface area contributed by atoms with Crippen LogP contribution in [0.5, 0.6) is 0 Å². The molecule has 1 amide bonds. The van der Waals surface area contributed by atoms with Crippen molar-refractivity contribution in [3.05, 3.63) is 22.7 Å². The Morgan fingerprint density at radius 3 is 2.84 bits per heavy atom. The highest BCUT2D eigenvalue weighted by Crippen LogP contribution is 2.30. The molecule has 5 N–H and O–H groups in total. The van der Waals surface area contributed by atoms with Crippen molar-refractivity contribution in [2.75, 3.05) is 17.6 Å². The normalized spacial score (nSPS) is 18.8. The minimum absolute atomic E-state index is 0.0000823. The SMILES string of the molecule is Nc1cc(Cl)c(NC2CCC(=O)NC2)c(C(=O)O)c1. The summed E-state index contributed by atoms with van der Waals surface area (Å²) in [7, 11) is 0. The van der Waals surface area contributed by atoms with Crippen molar-refractivity contribution in [1.29, 1.82) is 0 Å². The number of hydrogen-bond acceptors (Lipinski definition) is 4. The fraction of sp³-hybridized carbons (Fsp3) is 0.333. The highest BCUT2D eigenvalue weighted by Gasteiger charge is 2.21. The molecule has 2 rings (SSSR count). The number of carboxylic acids is 1. The number of nitrogen functional groups attached to an aromatic ring is 1. The number of anilines is 2. The number of carbonyl (C=O) groups excluding carboxylic acids is 1. The van der Waals surface area contributed by atoms with Crippen LogP contribution in [-0.2, 0) is 4.79 Å². The second-order valence-corrected chi connectivity index (χ2v) is 4.82. The highest BCUT2D eigenvalue weighted by molar-refractivity contribution is 6.34. The topological polar surface area (TPSA) is 104 Å². The Labute approximate surface area is 114 Å². The van der Waals surface area contributed by atoms with E-state index in [-0.39, 0.29) is 22.5 Å². The lowest BCUT2D eigenvalue weighted by molar-refractivity contribution is -0.122. The number of nitrogens with two attached hydrogens (primary N) is 1. The van der Waals surface area contributed by atoms with Gasteiger partial charge in [-0.2, -0.15) is 0 Å². The minimum atomic E-state index is -1.10. The van der Waals surface area contributed by atoms with Crippen LogP contribution < -0.4 is 16.4 Å². The fourth-order valence-corrected chi connectivity index (χ4v) is 2.29. The Morgan fingerprint density at radius 1 is 1.53 bits per heavy atom. The van der Waals surface area contributed by atoms with E-state index < -0.39 is 5.97 Å². The molecule has 1 aromatic carbocycles. The van der Waals surface area contributed by atoms with Crippen molar-refractivity contribution in [3.8, 4) is 0 Å². The Hall–Kier alpha value is -1.95. The Kier molecular flexibility index (Phi) is 3.80. The molecule has 1 aliphatic rings. The summed E-state index contributed by atoms with van der Waals surface area (Å²) in [6.07, 6.45) is 1.04. The third-order valence-corrected chi connectivity index (χ3v) is 3.26. The van der Waals surface area contributed by atoms with Gasteiger partial charge in [-0.05, 0) is 18.6 Å². The average molecular weight is 284 g/mol. The van der Waals surface area contributed by atoms with Gasteiger partial charge in [-0.25, -0.2) is 4.79 Å². The summed E-state index contributed by atoms with van der Waals surface area (Å²) in [6, 6.07) is 2.81. The molecule has 1 heterocycles. The maximum Gasteiger partial charge on any atom is 0.337 e. The molecule has 1 unspecified atom stereocenters. The number of hydrogen-bond donors (Lipinski definition) is 4. The molecule has 0 aromatic heterocycles. The van der Waals surface area contributed by atoms with Gasteiger partial charge in [-0.1, -0.05) is 11.6 Å². The van der Waals surface area contributed by atoms with Crippen LogP contribution in [0.1, 0.15) is 23.2 Å².